The molecule has 88 valence electrons. The van der Waals surface area contributed by atoms with Gasteiger partial charge in [0.2, 0.25) is 0 Å². The molecule has 0 saturated carbocycles. The predicted molar refractivity (Wildman–Crippen MR) is 63.6 cm³/mol. The van der Waals surface area contributed by atoms with Crippen LogP contribution in [0.5, 0.6) is 5.75 Å². The third kappa shape index (κ3) is 3.95. The van der Waals surface area contributed by atoms with Gasteiger partial charge in [0.25, 0.3) is 5.91 Å². The van der Waals surface area contributed by atoms with Crippen molar-refractivity contribution in [3.05, 3.63) is 29.8 Å². The van der Waals surface area contributed by atoms with Crippen LogP contribution in [0.15, 0.2) is 29.4 Å². The molecular weight excluding hydrogens is 218 g/mol. The highest BCUT2D eigenvalue weighted by atomic mass is 16.5. The molecule has 17 heavy (non-hydrogen) atoms. The zero-order valence-electron chi connectivity index (χ0n) is 9.73. The van der Waals surface area contributed by atoms with Gasteiger partial charge in [0.05, 0.1) is 18.9 Å². The van der Waals surface area contributed by atoms with Gasteiger partial charge >= 0.3 is 0 Å². The molecule has 1 amide bonds. The molecule has 0 unspecified atom stereocenters. The summed E-state index contributed by atoms with van der Waals surface area (Å²) in [7, 11) is 1.60. The monoisotopic (exact) mass is 231 g/mol. The molecule has 0 spiro atoms. The Labute approximate surface area is 99.7 Å². The molecule has 1 aromatic carbocycles. The number of carbonyl (C=O) groups excluding carboxylic acids is 1. The lowest BCUT2D eigenvalue weighted by atomic mass is 10.1. The van der Waals surface area contributed by atoms with Crippen LogP contribution in [-0.4, -0.2) is 18.7 Å². The summed E-state index contributed by atoms with van der Waals surface area (Å²) in [5.41, 5.74) is 3.85. The fourth-order valence-electron chi connectivity index (χ4n) is 1.15. The molecule has 0 bridgehead atoms. The second-order valence-electron chi connectivity index (χ2n) is 3.30. The summed E-state index contributed by atoms with van der Waals surface area (Å²) in [6, 6.07) is 9.05. The minimum atomic E-state index is -0.416. The Kier molecular flexibility index (Phi) is 4.70. The summed E-state index contributed by atoms with van der Waals surface area (Å²) in [4.78, 5) is 11.0. The number of amides is 1. The Balaban J connectivity index is 2.68. The molecule has 1 aromatic rings. The number of benzene rings is 1. The lowest BCUT2D eigenvalue weighted by Crippen LogP contribution is -2.18. The van der Waals surface area contributed by atoms with Gasteiger partial charge in [-0.1, -0.05) is 0 Å². The zero-order valence-corrected chi connectivity index (χ0v) is 9.73. The highest BCUT2D eigenvalue weighted by molar-refractivity contribution is 5.99. The van der Waals surface area contributed by atoms with Crippen molar-refractivity contribution in [3.63, 3.8) is 0 Å². The van der Waals surface area contributed by atoms with Gasteiger partial charge in [0.15, 0.2) is 0 Å². The molecule has 0 saturated heterocycles. The predicted octanol–water partition coefficient (Wildman–Crippen LogP) is 1.45. The second kappa shape index (κ2) is 6.28. The number of ether oxygens (including phenoxy) is 1. The van der Waals surface area contributed by atoms with Crippen LogP contribution < -0.4 is 10.2 Å². The van der Waals surface area contributed by atoms with Gasteiger partial charge in [-0.2, -0.15) is 10.4 Å². The van der Waals surface area contributed by atoms with Gasteiger partial charge in [0, 0.05) is 0 Å². The van der Waals surface area contributed by atoms with Gasteiger partial charge < -0.3 is 4.74 Å². The van der Waals surface area contributed by atoms with Crippen LogP contribution in [0.25, 0.3) is 0 Å². The Bertz CT molecular complexity index is 458. The Morgan fingerprint density at radius 1 is 1.47 bits per heavy atom. The highest BCUT2D eigenvalue weighted by Crippen LogP contribution is 2.11. The highest BCUT2D eigenvalue weighted by Gasteiger charge is 2.00. The van der Waals surface area contributed by atoms with Crippen molar-refractivity contribution in [2.75, 3.05) is 7.11 Å². The summed E-state index contributed by atoms with van der Waals surface area (Å²) >= 11 is 0. The van der Waals surface area contributed by atoms with Crippen LogP contribution in [0.4, 0.5) is 0 Å². The molecule has 5 nitrogen and oxygen atoms in total. The average molecular weight is 231 g/mol. The van der Waals surface area contributed by atoms with E-state index in [0.717, 1.165) is 11.3 Å². The van der Waals surface area contributed by atoms with Crippen LogP contribution in [-0.2, 0) is 4.79 Å². The molecule has 1 rings (SSSR count). The molecule has 0 aromatic heterocycles. The fourth-order valence-corrected chi connectivity index (χ4v) is 1.15. The number of nitrogens with one attached hydrogen (secondary N) is 1. The summed E-state index contributed by atoms with van der Waals surface area (Å²) in [6.45, 7) is 1.77. The number of methoxy groups -OCH3 is 1. The van der Waals surface area contributed by atoms with E-state index in [2.05, 4.69) is 10.5 Å². The molecule has 0 aliphatic rings. The van der Waals surface area contributed by atoms with E-state index in [1.165, 1.54) is 0 Å². The molecule has 1 N–H and O–H groups in total. The van der Waals surface area contributed by atoms with E-state index >= 15 is 0 Å². The molecule has 0 atom stereocenters. The third-order valence-corrected chi connectivity index (χ3v) is 2.10. The smallest absolute Gasteiger partial charge is 0.254 e. The van der Waals surface area contributed by atoms with Crippen molar-refractivity contribution in [3.8, 4) is 11.8 Å². The number of nitriles is 1. The normalized spacial score (nSPS) is 10.5. The van der Waals surface area contributed by atoms with Gasteiger partial charge in [-0.05, 0) is 36.8 Å². The number of hydrogen-bond acceptors (Lipinski definition) is 4. The summed E-state index contributed by atoms with van der Waals surface area (Å²) < 4.78 is 5.03. The number of nitrogens with zero attached hydrogens (tertiary/aromatic N) is 2. The first-order chi connectivity index (χ1) is 8.17. The molecule has 0 heterocycles. The van der Waals surface area contributed by atoms with Crippen LogP contribution in [0.1, 0.15) is 18.9 Å². The first-order valence-electron chi connectivity index (χ1n) is 5.02. The quantitative estimate of drug-likeness (QED) is 0.629. The number of hydrazone groups is 1. The van der Waals surface area contributed by atoms with Gasteiger partial charge in [0.1, 0.15) is 12.2 Å². The third-order valence-electron chi connectivity index (χ3n) is 2.10. The number of rotatable bonds is 4. The lowest BCUT2D eigenvalue weighted by Gasteiger charge is -2.03. The minimum absolute atomic E-state index is 0.195. The van der Waals surface area contributed by atoms with E-state index < -0.39 is 5.91 Å². The van der Waals surface area contributed by atoms with Crippen molar-refractivity contribution < 1.29 is 9.53 Å². The minimum Gasteiger partial charge on any atom is -0.497 e. The molecule has 0 radical (unpaired) electrons. The topological polar surface area (TPSA) is 74.5 Å². The summed E-state index contributed by atoms with van der Waals surface area (Å²) in [6.07, 6.45) is -0.195. The molecule has 0 aliphatic carbocycles. The standard InChI is InChI=1S/C12H13N3O2/c1-9(14-15-12(16)7-8-13)10-3-5-11(17-2)6-4-10/h3-6H,7H2,1-2H3,(H,15,16)/b14-9+. The van der Waals surface area contributed by atoms with E-state index in [4.69, 9.17) is 10.00 Å². The first-order valence-corrected chi connectivity index (χ1v) is 5.02. The second-order valence-corrected chi connectivity index (χ2v) is 3.30. The van der Waals surface area contributed by atoms with E-state index in [1.54, 1.807) is 20.1 Å². The Morgan fingerprint density at radius 2 is 2.12 bits per heavy atom. The van der Waals surface area contributed by atoms with E-state index in [0.29, 0.717) is 5.71 Å². The SMILES string of the molecule is COc1ccc(/C(C)=N/NC(=O)CC#N)cc1. The maximum Gasteiger partial charge on any atom is 0.254 e. The maximum absolute atomic E-state index is 11.0. The van der Waals surface area contributed by atoms with Crippen LogP contribution in [0.2, 0.25) is 0 Å². The van der Waals surface area contributed by atoms with E-state index in [1.807, 2.05) is 24.3 Å². The van der Waals surface area contributed by atoms with Crippen molar-refractivity contribution in [1.29, 1.82) is 5.26 Å². The first kappa shape index (κ1) is 12.7. The van der Waals surface area contributed by atoms with E-state index in [9.17, 15) is 4.79 Å². The summed E-state index contributed by atoms with van der Waals surface area (Å²) in [5.74, 6) is 0.343. The van der Waals surface area contributed by atoms with Crippen molar-refractivity contribution in [1.82, 2.24) is 5.43 Å². The fraction of sp³-hybridized carbons (Fsp3) is 0.250. The van der Waals surface area contributed by atoms with Crippen molar-refractivity contribution in [2.24, 2.45) is 5.10 Å². The molecule has 0 aliphatic heterocycles. The number of carbonyl (C=O) groups is 1. The van der Waals surface area contributed by atoms with Crippen LogP contribution >= 0.6 is 0 Å². The van der Waals surface area contributed by atoms with Crippen LogP contribution in [0, 0.1) is 11.3 Å². The number of hydrogen-bond donors (Lipinski definition) is 1. The average Bonchev–Trinajstić information content (AvgIpc) is 2.36. The van der Waals surface area contributed by atoms with Gasteiger partial charge in [-0.3, -0.25) is 4.79 Å². The van der Waals surface area contributed by atoms with Crippen LogP contribution in [0.3, 0.4) is 0 Å². The zero-order chi connectivity index (χ0) is 12.7. The summed E-state index contributed by atoms with van der Waals surface area (Å²) in [5, 5.41) is 12.2. The lowest BCUT2D eigenvalue weighted by molar-refractivity contribution is -0.120. The Morgan fingerprint density at radius 3 is 2.65 bits per heavy atom. The molecule has 0 fully saturated rings. The van der Waals surface area contributed by atoms with Gasteiger partial charge in [-0.25, -0.2) is 5.43 Å². The molecular formula is C12H13N3O2. The van der Waals surface area contributed by atoms with E-state index in [-0.39, 0.29) is 6.42 Å². The molecule has 5 heteroatoms. The largest absolute Gasteiger partial charge is 0.497 e. The van der Waals surface area contributed by atoms with Gasteiger partial charge in [-0.15, -0.1) is 0 Å². The van der Waals surface area contributed by atoms with Crippen molar-refractivity contribution >= 4 is 11.6 Å². The maximum atomic E-state index is 11.0. The van der Waals surface area contributed by atoms with Crippen molar-refractivity contribution in [2.45, 2.75) is 13.3 Å². The Hall–Kier alpha value is -2.35.